The molecule has 0 aromatic carbocycles. The second-order valence-corrected chi connectivity index (χ2v) is 12.4. The van der Waals surface area contributed by atoms with E-state index >= 15 is 0 Å². The topological polar surface area (TPSA) is 165 Å². The lowest BCUT2D eigenvalue weighted by Gasteiger charge is -2.41. The minimum Gasteiger partial charge on any atom is -0.369 e. The molecule has 0 aromatic rings. The Morgan fingerprint density at radius 1 is 1.17 bits per heavy atom. The van der Waals surface area contributed by atoms with Crippen molar-refractivity contribution in [1.82, 2.24) is 15.5 Å². The fourth-order valence-electron chi connectivity index (χ4n) is 6.74. The number of fused-ring (bicyclic) bond motifs is 1. The van der Waals surface area contributed by atoms with E-state index in [2.05, 4.69) is 10.6 Å². The predicted octanol–water partition coefficient (Wildman–Crippen LogP) is 0.140. The van der Waals surface area contributed by atoms with Crippen molar-refractivity contribution in [3.8, 4) is 0 Å². The lowest BCUT2D eigenvalue weighted by molar-refractivity contribution is -0.148. The molecule has 0 bridgehead atoms. The van der Waals surface area contributed by atoms with Gasteiger partial charge in [-0.2, -0.15) is 0 Å². The molecule has 0 spiro atoms. The summed E-state index contributed by atoms with van der Waals surface area (Å²) in [6.45, 7) is 13.7. The first-order valence-electron chi connectivity index (χ1n) is 12.5. The van der Waals surface area contributed by atoms with Gasteiger partial charge in [0.1, 0.15) is 12.1 Å². The quantitative estimate of drug-likeness (QED) is 0.379. The largest absolute Gasteiger partial charge is 0.369 e. The second kappa shape index (κ2) is 8.78. The fourth-order valence-corrected chi connectivity index (χ4v) is 6.74. The molecule has 2 heterocycles. The molecular formula is C25H41N5O5. The van der Waals surface area contributed by atoms with Gasteiger partial charge in [-0.1, -0.05) is 48.5 Å². The summed E-state index contributed by atoms with van der Waals surface area (Å²) in [5, 5.41) is 5.63. The number of carbonyl (C=O) groups is 5. The number of primary amides is 2. The number of piperidine rings is 1. The maximum absolute atomic E-state index is 13.9. The SMILES string of the molecule is CC(C)C(=O)N[C@H](C(=O)N1CC2C(C)(C)C2([C@H](C[C@H]2CCNC2=O)C(N)=O)C1C(N)=O)C(C)(C)C. The Kier molecular flexibility index (Phi) is 6.76. The maximum Gasteiger partial charge on any atom is 0.246 e. The number of nitrogens with one attached hydrogen (secondary N) is 2. The van der Waals surface area contributed by atoms with Crippen LogP contribution in [0, 0.1) is 39.9 Å². The summed E-state index contributed by atoms with van der Waals surface area (Å²) in [5.74, 6) is -3.82. The van der Waals surface area contributed by atoms with E-state index < -0.39 is 52.0 Å². The van der Waals surface area contributed by atoms with E-state index in [1.807, 2.05) is 34.6 Å². The molecular weight excluding hydrogens is 450 g/mol. The van der Waals surface area contributed by atoms with Gasteiger partial charge in [-0.25, -0.2) is 0 Å². The van der Waals surface area contributed by atoms with Crippen molar-refractivity contribution < 1.29 is 24.0 Å². The monoisotopic (exact) mass is 491 g/mol. The van der Waals surface area contributed by atoms with Gasteiger partial charge in [0.25, 0.3) is 0 Å². The normalized spacial score (nSPS) is 30.9. The lowest BCUT2D eigenvalue weighted by atomic mass is 9.71. The minimum atomic E-state index is -1.07. The Balaban J connectivity index is 2.02. The molecule has 3 fully saturated rings. The highest BCUT2D eigenvalue weighted by Crippen LogP contribution is 2.78. The van der Waals surface area contributed by atoms with Crippen molar-refractivity contribution in [1.29, 1.82) is 0 Å². The summed E-state index contributed by atoms with van der Waals surface area (Å²) in [5.41, 5.74) is 9.74. The van der Waals surface area contributed by atoms with Crippen LogP contribution in [0.15, 0.2) is 0 Å². The molecule has 2 saturated heterocycles. The molecule has 6 N–H and O–H groups in total. The van der Waals surface area contributed by atoms with Crippen molar-refractivity contribution in [2.75, 3.05) is 13.1 Å². The number of amides is 5. The summed E-state index contributed by atoms with van der Waals surface area (Å²) in [6, 6.07) is -1.96. The fraction of sp³-hybridized carbons (Fsp3) is 0.800. The van der Waals surface area contributed by atoms with E-state index in [9.17, 15) is 24.0 Å². The van der Waals surface area contributed by atoms with Crippen LogP contribution in [0.2, 0.25) is 0 Å². The van der Waals surface area contributed by atoms with Gasteiger partial charge in [-0.15, -0.1) is 0 Å². The smallest absolute Gasteiger partial charge is 0.246 e. The Morgan fingerprint density at radius 3 is 2.20 bits per heavy atom. The Bertz CT molecular complexity index is 939. The zero-order valence-corrected chi connectivity index (χ0v) is 21.9. The Labute approximate surface area is 207 Å². The van der Waals surface area contributed by atoms with Crippen LogP contribution in [-0.4, -0.2) is 59.6 Å². The van der Waals surface area contributed by atoms with Crippen LogP contribution in [0.5, 0.6) is 0 Å². The third-order valence-electron chi connectivity index (χ3n) is 8.70. The molecule has 3 rings (SSSR count). The van der Waals surface area contributed by atoms with Gasteiger partial charge < -0.3 is 27.0 Å². The molecule has 2 aliphatic heterocycles. The third kappa shape index (κ3) is 4.18. The van der Waals surface area contributed by atoms with E-state index in [0.29, 0.717) is 13.0 Å². The molecule has 0 aromatic heterocycles. The van der Waals surface area contributed by atoms with Crippen LogP contribution in [0.25, 0.3) is 0 Å². The predicted molar refractivity (Wildman–Crippen MR) is 129 cm³/mol. The number of carbonyl (C=O) groups excluding carboxylic acids is 5. The molecule has 0 radical (unpaired) electrons. The molecule has 10 heteroatoms. The van der Waals surface area contributed by atoms with Crippen LogP contribution >= 0.6 is 0 Å². The summed E-state index contributed by atoms with van der Waals surface area (Å²) < 4.78 is 0. The zero-order valence-electron chi connectivity index (χ0n) is 21.9. The van der Waals surface area contributed by atoms with Gasteiger partial charge in [0.05, 0.1) is 0 Å². The zero-order chi connectivity index (χ0) is 26.7. The van der Waals surface area contributed by atoms with E-state index in [1.54, 1.807) is 13.8 Å². The van der Waals surface area contributed by atoms with Crippen LogP contribution in [0.4, 0.5) is 0 Å². The van der Waals surface area contributed by atoms with Gasteiger partial charge in [-0.3, -0.25) is 24.0 Å². The summed E-state index contributed by atoms with van der Waals surface area (Å²) >= 11 is 0. The molecule has 6 atom stereocenters. The summed E-state index contributed by atoms with van der Waals surface area (Å²) in [6.07, 6.45) is 0.792. The van der Waals surface area contributed by atoms with E-state index in [-0.39, 0.29) is 42.5 Å². The van der Waals surface area contributed by atoms with Gasteiger partial charge >= 0.3 is 0 Å². The average Bonchev–Trinajstić information content (AvgIpc) is 3.09. The van der Waals surface area contributed by atoms with Gasteiger partial charge in [0.15, 0.2) is 0 Å². The van der Waals surface area contributed by atoms with Gasteiger partial charge in [0, 0.05) is 36.3 Å². The van der Waals surface area contributed by atoms with Crippen molar-refractivity contribution in [2.45, 2.75) is 73.4 Å². The first-order valence-corrected chi connectivity index (χ1v) is 12.5. The van der Waals surface area contributed by atoms with E-state index in [1.165, 1.54) is 4.90 Å². The summed E-state index contributed by atoms with van der Waals surface area (Å²) in [7, 11) is 0. The van der Waals surface area contributed by atoms with Crippen LogP contribution < -0.4 is 22.1 Å². The maximum atomic E-state index is 13.9. The van der Waals surface area contributed by atoms with Gasteiger partial charge in [-0.05, 0) is 29.6 Å². The second-order valence-electron chi connectivity index (χ2n) is 12.4. The number of hydrogen-bond acceptors (Lipinski definition) is 5. The molecule has 35 heavy (non-hydrogen) atoms. The van der Waals surface area contributed by atoms with Crippen LogP contribution in [0.3, 0.4) is 0 Å². The highest BCUT2D eigenvalue weighted by Gasteiger charge is 2.83. The van der Waals surface area contributed by atoms with Crippen molar-refractivity contribution >= 4 is 29.5 Å². The van der Waals surface area contributed by atoms with E-state index in [0.717, 1.165) is 0 Å². The van der Waals surface area contributed by atoms with Crippen LogP contribution in [0.1, 0.15) is 61.3 Å². The molecule has 3 aliphatic rings. The number of likely N-dealkylation sites (tertiary alicyclic amines) is 1. The Hall–Kier alpha value is -2.65. The molecule has 196 valence electrons. The number of rotatable bonds is 8. The average molecular weight is 492 g/mol. The standard InChI is InChI=1S/C25H41N5O5/c1-12(2)20(33)29-16(23(3,4)5)22(35)30-11-15-24(6,7)25(15,17(30)19(27)32)14(18(26)31)10-13-8-9-28-21(13)34/h12-17H,8-11H2,1-7H3,(H2,26,31)(H2,27,32)(H,28,34)(H,29,33)/t13-,14-,15?,16-,17?,25?/m1/s1. The highest BCUT2D eigenvalue weighted by atomic mass is 16.2. The minimum absolute atomic E-state index is 0.131. The molecule has 1 aliphatic carbocycles. The number of nitrogens with two attached hydrogens (primary N) is 2. The molecule has 10 nitrogen and oxygen atoms in total. The number of hydrogen-bond donors (Lipinski definition) is 4. The van der Waals surface area contributed by atoms with Crippen molar-refractivity contribution in [3.05, 3.63) is 0 Å². The van der Waals surface area contributed by atoms with Gasteiger partial charge in [0.2, 0.25) is 29.5 Å². The van der Waals surface area contributed by atoms with E-state index in [4.69, 9.17) is 11.5 Å². The molecule has 3 unspecified atom stereocenters. The number of nitrogens with zero attached hydrogens (tertiary/aromatic N) is 1. The Morgan fingerprint density at radius 2 is 1.77 bits per heavy atom. The van der Waals surface area contributed by atoms with Crippen LogP contribution in [-0.2, 0) is 24.0 Å². The highest BCUT2D eigenvalue weighted by molar-refractivity contribution is 5.95. The van der Waals surface area contributed by atoms with Crippen molar-refractivity contribution in [3.63, 3.8) is 0 Å². The third-order valence-corrected chi connectivity index (χ3v) is 8.70. The summed E-state index contributed by atoms with van der Waals surface area (Å²) in [4.78, 5) is 66.0. The first kappa shape index (κ1) is 26.9. The molecule has 5 amide bonds. The molecule has 1 saturated carbocycles. The first-order chi connectivity index (χ1) is 16.0. The van der Waals surface area contributed by atoms with Crippen molar-refractivity contribution in [2.24, 2.45) is 51.4 Å². The lowest BCUT2D eigenvalue weighted by Crippen LogP contribution is -2.61.